The number of fused-ring (bicyclic) bond motifs is 3. The topological polar surface area (TPSA) is 26.0 Å². The van der Waals surface area contributed by atoms with Crippen LogP contribution in [0.3, 0.4) is 0 Å². The second kappa shape index (κ2) is 2.82. The van der Waals surface area contributed by atoms with E-state index in [1.54, 1.807) is 0 Å². The lowest BCUT2D eigenvalue weighted by Crippen LogP contribution is -2.05. The second-order valence-electron chi connectivity index (χ2n) is 4.00. The van der Waals surface area contributed by atoms with Crippen LogP contribution < -0.4 is 5.73 Å². The summed E-state index contributed by atoms with van der Waals surface area (Å²) in [5.74, 6) is 0. The van der Waals surface area contributed by atoms with Crippen molar-refractivity contribution in [1.29, 1.82) is 0 Å². The molecule has 14 heavy (non-hydrogen) atoms. The lowest BCUT2D eigenvalue weighted by molar-refractivity contribution is 0.717. The van der Waals surface area contributed by atoms with Crippen molar-refractivity contribution in [3.63, 3.8) is 0 Å². The number of nitrogens with two attached hydrogens (primary N) is 1. The zero-order valence-corrected chi connectivity index (χ0v) is 8.03. The third-order valence-electron chi connectivity index (χ3n) is 3.16. The number of aryl methyl sites for hydroxylation is 1. The first kappa shape index (κ1) is 8.01. The Morgan fingerprint density at radius 2 is 1.93 bits per heavy atom. The molecule has 0 heterocycles. The standard InChI is InChI=1S/C13H13N/c14-12-8-7-10-6-5-9-3-1-2-4-11(9)13(10)12/h1-6,12H,7-8,14H2. The van der Waals surface area contributed by atoms with Crippen molar-refractivity contribution in [2.45, 2.75) is 18.9 Å². The predicted octanol–water partition coefficient (Wildman–Crippen LogP) is 2.79. The summed E-state index contributed by atoms with van der Waals surface area (Å²) in [6, 6.07) is 13.2. The maximum Gasteiger partial charge on any atom is 0.0306 e. The summed E-state index contributed by atoms with van der Waals surface area (Å²) >= 11 is 0. The molecule has 2 aromatic carbocycles. The van der Waals surface area contributed by atoms with Crippen LogP contribution in [0.15, 0.2) is 36.4 Å². The molecule has 0 aliphatic heterocycles. The molecule has 0 saturated carbocycles. The van der Waals surface area contributed by atoms with Gasteiger partial charge in [0.25, 0.3) is 0 Å². The van der Waals surface area contributed by atoms with Gasteiger partial charge in [-0.05, 0) is 34.7 Å². The molecule has 2 aromatic rings. The van der Waals surface area contributed by atoms with Gasteiger partial charge in [0.2, 0.25) is 0 Å². The van der Waals surface area contributed by atoms with Crippen LogP contribution in [0.1, 0.15) is 23.6 Å². The molecule has 0 fully saturated rings. The van der Waals surface area contributed by atoms with Crippen molar-refractivity contribution in [2.75, 3.05) is 0 Å². The van der Waals surface area contributed by atoms with E-state index in [0.717, 1.165) is 12.8 Å². The Morgan fingerprint density at radius 1 is 1.07 bits per heavy atom. The summed E-state index contributed by atoms with van der Waals surface area (Å²) in [6.07, 6.45) is 2.24. The molecule has 2 N–H and O–H groups in total. The number of hydrogen-bond donors (Lipinski definition) is 1. The Morgan fingerprint density at radius 3 is 2.86 bits per heavy atom. The van der Waals surface area contributed by atoms with Gasteiger partial charge in [-0.1, -0.05) is 36.4 Å². The van der Waals surface area contributed by atoms with Gasteiger partial charge in [0.1, 0.15) is 0 Å². The summed E-state index contributed by atoms with van der Waals surface area (Å²) in [4.78, 5) is 0. The lowest BCUT2D eigenvalue weighted by atomic mass is 9.99. The van der Waals surface area contributed by atoms with E-state index in [0.29, 0.717) is 0 Å². The number of rotatable bonds is 0. The van der Waals surface area contributed by atoms with Crippen LogP contribution in [0.4, 0.5) is 0 Å². The van der Waals surface area contributed by atoms with Crippen LogP contribution in [-0.2, 0) is 6.42 Å². The lowest BCUT2D eigenvalue weighted by Gasteiger charge is -2.08. The molecular weight excluding hydrogens is 170 g/mol. The Kier molecular flexibility index (Phi) is 1.62. The van der Waals surface area contributed by atoms with E-state index in [1.165, 1.54) is 21.9 Å². The highest BCUT2D eigenvalue weighted by molar-refractivity contribution is 5.87. The van der Waals surface area contributed by atoms with Gasteiger partial charge < -0.3 is 5.73 Å². The summed E-state index contributed by atoms with van der Waals surface area (Å²) in [6.45, 7) is 0. The molecule has 1 unspecified atom stereocenters. The fraction of sp³-hybridized carbons (Fsp3) is 0.231. The number of benzene rings is 2. The molecule has 1 atom stereocenters. The quantitative estimate of drug-likeness (QED) is 0.667. The third kappa shape index (κ3) is 0.992. The van der Waals surface area contributed by atoms with Gasteiger partial charge in [-0.3, -0.25) is 0 Å². The van der Waals surface area contributed by atoms with E-state index in [2.05, 4.69) is 36.4 Å². The maximum absolute atomic E-state index is 6.11. The summed E-state index contributed by atoms with van der Waals surface area (Å²) in [7, 11) is 0. The average Bonchev–Trinajstić information content (AvgIpc) is 2.61. The largest absolute Gasteiger partial charge is 0.324 e. The summed E-state index contributed by atoms with van der Waals surface area (Å²) in [5, 5.41) is 2.65. The normalized spacial score (nSPS) is 19.9. The fourth-order valence-electron chi connectivity index (χ4n) is 2.45. The van der Waals surface area contributed by atoms with Crippen molar-refractivity contribution in [3.05, 3.63) is 47.5 Å². The van der Waals surface area contributed by atoms with Crippen molar-refractivity contribution in [3.8, 4) is 0 Å². The fourth-order valence-corrected chi connectivity index (χ4v) is 2.45. The van der Waals surface area contributed by atoms with E-state index in [9.17, 15) is 0 Å². The van der Waals surface area contributed by atoms with Crippen LogP contribution in [0.2, 0.25) is 0 Å². The van der Waals surface area contributed by atoms with Gasteiger partial charge in [-0.15, -0.1) is 0 Å². The minimum absolute atomic E-state index is 0.246. The number of hydrogen-bond acceptors (Lipinski definition) is 1. The summed E-state index contributed by atoms with van der Waals surface area (Å²) < 4.78 is 0. The maximum atomic E-state index is 6.11. The Hall–Kier alpha value is -1.34. The van der Waals surface area contributed by atoms with Gasteiger partial charge in [0.05, 0.1) is 0 Å². The molecule has 3 rings (SSSR count). The zero-order valence-electron chi connectivity index (χ0n) is 8.03. The summed E-state index contributed by atoms with van der Waals surface area (Å²) in [5.41, 5.74) is 8.93. The zero-order chi connectivity index (χ0) is 9.54. The molecule has 1 nitrogen and oxygen atoms in total. The van der Waals surface area contributed by atoms with Crippen LogP contribution in [0.25, 0.3) is 10.8 Å². The average molecular weight is 183 g/mol. The van der Waals surface area contributed by atoms with Crippen molar-refractivity contribution in [1.82, 2.24) is 0 Å². The molecule has 1 aliphatic carbocycles. The monoisotopic (exact) mass is 183 g/mol. The molecule has 70 valence electrons. The Labute approximate surface area is 83.5 Å². The first-order valence-corrected chi connectivity index (χ1v) is 5.12. The van der Waals surface area contributed by atoms with Gasteiger partial charge in [0, 0.05) is 6.04 Å². The molecule has 1 aliphatic rings. The smallest absolute Gasteiger partial charge is 0.0306 e. The molecule has 0 spiro atoms. The van der Waals surface area contributed by atoms with Crippen molar-refractivity contribution < 1.29 is 0 Å². The molecule has 0 amide bonds. The molecule has 0 aromatic heterocycles. The van der Waals surface area contributed by atoms with Crippen LogP contribution in [0.5, 0.6) is 0 Å². The molecule has 0 bridgehead atoms. The van der Waals surface area contributed by atoms with Gasteiger partial charge in [0.15, 0.2) is 0 Å². The Balaban J connectivity index is 2.41. The van der Waals surface area contributed by atoms with E-state index >= 15 is 0 Å². The van der Waals surface area contributed by atoms with Crippen LogP contribution >= 0.6 is 0 Å². The van der Waals surface area contributed by atoms with Crippen LogP contribution in [-0.4, -0.2) is 0 Å². The first-order chi connectivity index (χ1) is 6.86. The van der Waals surface area contributed by atoms with Crippen molar-refractivity contribution >= 4 is 10.8 Å². The third-order valence-corrected chi connectivity index (χ3v) is 3.16. The molecule has 0 radical (unpaired) electrons. The van der Waals surface area contributed by atoms with Gasteiger partial charge >= 0.3 is 0 Å². The second-order valence-corrected chi connectivity index (χ2v) is 4.00. The minimum atomic E-state index is 0.246. The molecule has 1 heteroatoms. The minimum Gasteiger partial charge on any atom is -0.324 e. The van der Waals surface area contributed by atoms with E-state index in [4.69, 9.17) is 5.73 Å². The Bertz CT molecular complexity index is 488. The van der Waals surface area contributed by atoms with E-state index < -0.39 is 0 Å². The van der Waals surface area contributed by atoms with Crippen LogP contribution in [0, 0.1) is 0 Å². The van der Waals surface area contributed by atoms with Crippen molar-refractivity contribution in [2.24, 2.45) is 5.73 Å². The SMILES string of the molecule is NC1CCc2ccc3ccccc3c21. The predicted molar refractivity (Wildman–Crippen MR) is 59.2 cm³/mol. The van der Waals surface area contributed by atoms with Gasteiger partial charge in [-0.2, -0.15) is 0 Å². The van der Waals surface area contributed by atoms with Gasteiger partial charge in [-0.25, -0.2) is 0 Å². The highest BCUT2D eigenvalue weighted by Crippen LogP contribution is 2.34. The molecular formula is C13H13N. The highest BCUT2D eigenvalue weighted by Gasteiger charge is 2.20. The highest BCUT2D eigenvalue weighted by atomic mass is 14.6. The van der Waals surface area contributed by atoms with E-state index in [1.807, 2.05) is 0 Å². The van der Waals surface area contributed by atoms with E-state index in [-0.39, 0.29) is 6.04 Å². The first-order valence-electron chi connectivity index (χ1n) is 5.12. The molecule has 0 saturated heterocycles.